The number of benzene rings is 2. The molecule has 162 valence electrons. The van der Waals surface area contributed by atoms with Gasteiger partial charge in [-0.05, 0) is 41.0 Å². The van der Waals surface area contributed by atoms with Gasteiger partial charge in [0, 0.05) is 29.8 Å². The number of anilines is 1. The molecule has 3 aromatic rings. The lowest BCUT2D eigenvalue weighted by Crippen LogP contribution is -2.77. The lowest BCUT2D eigenvalue weighted by Gasteiger charge is -2.57. The van der Waals surface area contributed by atoms with Gasteiger partial charge in [0.1, 0.15) is 12.3 Å². The zero-order valence-corrected chi connectivity index (χ0v) is 19.0. The third-order valence-corrected chi connectivity index (χ3v) is 11.4. The molecule has 0 unspecified atom stereocenters. The molecule has 2 aromatic carbocycles. The number of likely N-dealkylation sites (N-methyl/N-ethyl adjacent to an activating group) is 1. The minimum Gasteiger partial charge on any atom is -0.388 e. The first kappa shape index (κ1) is 18.9. The van der Waals surface area contributed by atoms with Gasteiger partial charge in [0.05, 0.1) is 5.41 Å². The summed E-state index contributed by atoms with van der Waals surface area (Å²) in [6.45, 7) is 1.79. The molecule has 3 N–H and O–H groups in total. The van der Waals surface area contributed by atoms with Crippen LogP contribution >= 0.6 is 21.6 Å². The zero-order chi connectivity index (χ0) is 22.0. The molecule has 6 heterocycles. The summed E-state index contributed by atoms with van der Waals surface area (Å²) in [4.78, 5) is 31.7. The molecule has 32 heavy (non-hydrogen) atoms. The van der Waals surface area contributed by atoms with Crippen LogP contribution < -0.4 is 5.32 Å². The lowest BCUT2D eigenvalue weighted by molar-refractivity contribution is -0.166. The van der Waals surface area contributed by atoms with E-state index >= 15 is 0 Å². The second-order valence-corrected chi connectivity index (χ2v) is 11.7. The molecule has 0 aliphatic carbocycles. The van der Waals surface area contributed by atoms with Crippen molar-refractivity contribution in [3.8, 4) is 0 Å². The quantitative estimate of drug-likeness (QED) is 0.480. The minimum absolute atomic E-state index is 0.158. The van der Waals surface area contributed by atoms with Gasteiger partial charge in [-0.3, -0.25) is 14.5 Å². The van der Waals surface area contributed by atoms with Gasteiger partial charge >= 0.3 is 0 Å². The van der Waals surface area contributed by atoms with E-state index in [2.05, 4.69) is 10.3 Å². The predicted molar refractivity (Wildman–Crippen MR) is 125 cm³/mol. The number of para-hydroxylation sites is 2. The summed E-state index contributed by atoms with van der Waals surface area (Å²) in [5.74, 6) is -0.391. The second kappa shape index (κ2) is 5.65. The fourth-order valence-corrected chi connectivity index (χ4v) is 9.63. The molecular formula is C23H20N4O3S2. The molecule has 5 aliphatic rings. The number of H-pyrrole nitrogens is 1. The van der Waals surface area contributed by atoms with Gasteiger partial charge in [-0.15, -0.1) is 0 Å². The molecule has 7 nitrogen and oxygen atoms in total. The fraction of sp³-hybridized carbons (Fsp3) is 0.304. The van der Waals surface area contributed by atoms with Crippen LogP contribution in [0.5, 0.6) is 0 Å². The van der Waals surface area contributed by atoms with E-state index in [0.717, 1.165) is 27.7 Å². The van der Waals surface area contributed by atoms with Crippen molar-refractivity contribution in [2.45, 2.75) is 34.4 Å². The average molecular weight is 465 g/mol. The maximum absolute atomic E-state index is 13.9. The Hall–Kier alpha value is -2.62. The lowest BCUT2D eigenvalue weighted by atomic mass is 9.70. The fourth-order valence-electron chi connectivity index (χ4n) is 6.08. The Kier molecular flexibility index (Phi) is 3.34. The number of nitrogens with one attached hydrogen (secondary N) is 2. The van der Waals surface area contributed by atoms with Gasteiger partial charge in [0.25, 0.3) is 11.8 Å². The number of carbonyl (C=O) groups is 2. The predicted octanol–water partition coefficient (Wildman–Crippen LogP) is 2.69. The molecule has 5 aliphatic heterocycles. The maximum Gasteiger partial charge on any atom is 0.264 e. The van der Waals surface area contributed by atoms with Crippen LogP contribution in [0, 0.1) is 0 Å². The smallest absolute Gasteiger partial charge is 0.264 e. The van der Waals surface area contributed by atoms with Crippen molar-refractivity contribution in [1.82, 2.24) is 14.8 Å². The maximum atomic E-state index is 13.9. The number of nitrogens with zero attached hydrogens (tertiary/aromatic N) is 2. The van der Waals surface area contributed by atoms with Crippen molar-refractivity contribution < 1.29 is 14.7 Å². The van der Waals surface area contributed by atoms with Crippen LogP contribution in [0.3, 0.4) is 0 Å². The normalized spacial score (nSPS) is 37.0. The molecule has 0 saturated carbocycles. The van der Waals surface area contributed by atoms with E-state index in [9.17, 15) is 14.7 Å². The number of hydrogen-bond donors (Lipinski definition) is 3. The van der Waals surface area contributed by atoms with Crippen molar-refractivity contribution in [3.63, 3.8) is 0 Å². The van der Waals surface area contributed by atoms with Gasteiger partial charge in [-0.25, -0.2) is 0 Å². The Morgan fingerprint density at radius 3 is 2.59 bits per heavy atom. The van der Waals surface area contributed by atoms with Crippen LogP contribution in [0.25, 0.3) is 10.9 Å². The molecule has 2 bridgehead atoms. The number of aliphatic hydroxyl groups is 1. The van der Waals surface area contributed by atoms with Crippen molar-refractivity contribution >= 4 is 50.0 Å². The van der Waals surface area contributed by atoms with E-state index in [1.165, 1.54) is 26.5 Å². The molecule has 1 aromatic heterocycles. The molecule has 9 heteroatoms. The summed E-state index contributed by atoms with van der Waals surface area (Å²) in [6, 6.07) is 15.8. The molecule has 4 fully saturated rings. The van der Waals surface area contributed by atoms with E-state index in [0.29, 0.717) is 0 Å². The van der Waals surface area contributed by atoms with Crippen LogP contribution in [-0.2, 0) is 15.0 Å². The highest BCUT2D eigenvalue weighted by Crippen LogP contribution is 2.69. The van der Waals surface area contributed by atoms with E-state index in [1.807, 2.05) is 54.7 Å². The SMILES string of the molecule is CN1C(=O)[C@]23SS[C@]1(C)C(=O)N2[C@H]1Nc2ccccc2[C@@]1(c1c[nH]c2ccccc12)[C@@H]3O. The number of amides is 2. The summed E-state index contributed by atoms with van der Waals surface area (Å²) in [5.41, 5.74) is 2.59. The van der Waals surface area contributed by atoms with E-state index in [-0.39, 0.29) is 11.8 Å². The number of aliphatic hydroxyl groups excluding tert-OH is 1. The van der Waals surface area contributed by atoms with Crippen molar-refractivity contribution in [1.29, 1.82) is 0 Å². The Labute approximate surface area is 191 Å². The van der Waals surface area contributed by atoms with E-state index in [1.54, 1.807) is 18.9 Å². The Morgan fingerprint density at radius 1 is 1.00 bits per heavy atom. The Balaban J connectivity index is 1.59. The highest BCUT2D eigenvalue weighted by Gasteiger charge is 2.82. The topological polar surface area (TPSA) is 88.7 Å². The van der Waals surface area contributed by atoms with E-state index < -0.39 is 27.4 Å². The standard InChI is InChI=1S/C23H20N4O3S2/c1-21-19(29)27-18-22(13-8-4-6-10-16(13)25-18,14-11-24-15-9-5-3-7-12(14)15)17(28)23(27,32-31-21)20(30)26(21)2/h3-11,17-18,24-25,28H,1-2H3/t17-,18+,21+,22+,23-/m0/s1. The van der Waals surface area contributed by atoms with Gasteiger partial charge in [0.2, 0.25) is 4.87 Å². The Bertz CT molecular complexity index is 1360. The van der Waals surface area contributed by atoms with Gasteiger partial charge in [0.15, 0.2) is 4.87 Å². The largest absolute Gasteiger partial charge is 0.388 e. The Morgan fingerprint density at radius 2 is 1.75 bits per heavy atom. The number of piperazine rings is 1. The molecular weight excluding hydrogens is 444 g/mol. The zero-order valence-electron chi connectivity index (χ0n) is 17.3. The first-order chi connectivity index (χ1) is 15.4. The molecule has 1 spiro atoms. The van der Waals surface area contributed by atoms with Crippen LogP contribution in [0.4, 0.5) is 5.69 Å². The highest BCUT2D eigenvalue weighted by atomic mass is 33.1. The number of aromatic amines is 1. The monoisotopic (exact) mass is 464 g/mol. The molecule has 0 radical (unpaired) electrons. The first-order valence-corrected chi connectivity index (χ1v) is 12.6. The van der Waals surface area contributed by atoms with Gasteiger partial charge < -0.3 is 20.3 Å². The van der Waals surface area contributed by atoms with Crippen molar-refractivity contribution in [2.75, 3.05) is 12.4 Å². The van der Waals surface area contributed by atoms with Crippen LogP contribution in [0.1, 0.15) is 18.1 Å². The minimum atomic E-state index is -1.40. The number of rotatable bonds is 1. The first-order valence-electron chi connectivity index (χ1n) is 10.5. The van der Waals surface area contributed by atoms with Gasteiger partial charge in [-0.2, -0.15) is 0 Å². The second-order valence-electron chi connectivity index (χ2n) is 9.00. The van der Waals surface area contributed by atoms with Crippen molar-refractivity contribution in [2.24, 2.45) is 0 Å². The van der Waals surface area contributed by atoms with Gasteiger partial charge in [-0.1, -0.05) is 47.2 Å². The van der Waals surface area contributed by atoms with E-state index in [4.69, 9.17) is 0 Å². The van der Waals surface area contributed by atoms with Crippen molar-refractivity contribution in [3.05, 3.63) is 65.9 Å². The molecule has 2 amide bonds. The third-order valence-electron chi connectivity index (χ3n) is 7.75. The number of hydrogen-bond acceptors (Lipinski definition) is 6. The van der Waals surface area contributed by atoms with Crippen LogP contribution in [-0.4, -0.2) is 60.8 Å². The average Bonchev–Trinajstić information content (AvgIpc) is 3.43. The summed E-state index contributed by atoms with van der Waals surface area (Å²) >= 11 is 0. The third kappa shape index (κ3) is 1.72. The van der Waals surface area contributed by atoms with Crippen LogP contribution in [0.2, 0.25) is 0 Å². The number of fused-ring (bicyclic) bond motifs is 6. The van der Waals surface area contributed by atoms with Crippen LogP contribution in [0.15, 0.2) is 54.7 Å². The summed E-state index contributed by atoms with van der Waals surface area (Å²) in [6.07, 6.45) is 0.174. The highest BCUT2D eigenvalue weighted by molar-refractivity contribution is 8.78. The summed E-state index contributed by atoms with van der Waals surface area (Å²) < 4.78 is 0. The molecule has 8 rings (SSSR count). The number of carbonyl (C=O) groups excluding carboxylic acids is 2. The molecule has 5 atom stereocenters. The molecule has 4 saturated heterocycles. The summed E-state index contributed by atoms with van der Waals surface area (Å²) in [7, 11) is 4.34. The summed E-state index contributed by atoms with van der Waals surface area (Å²) in [5, 5.41) is 16.7. The number of aromatic nitrogens is 1.